The minimum absolute atomic E-state index is 0.0733. The topological polar surface area (TPSA) is 55.4 Å². The maximum absolute atomic E-state index is 6.68. The molecule has 2 rings (SSSR count). The molecule has 6 heteroatoms. The summed E-state index contributed by atoms with van der Waals surface area (Å²) in [6, 6.07) is 8.01. The first-order valence-corrected chi connectivity index (χ1v) is 16.0. The fraction of sp³-hybridized carbons (Fsp3) is 0.818. The molecular weight excluding hydrogens is 492 g/mol. The summed E-state index contributed by atoms with van der Waals surface area (Å²) in [6.45, 7) is 15.2. The summed E-state index contributed by atoms with van der Waals surface area (Å²) >= 11 is 0. The van der Waals surface area contributed by atoms with Crippen LogP contribution in [-0.2, 0) is 18.9 Å². The molecule has 5 atom stereocenters. The molecule has 1 fully saturated rings. The Hall–Kier alpha value is -1.34. The Balaban J connectivity index is 2.27. The zero-order valence-corrected chi connectivity index (χ0v) is 25.7. The third-order valence-corrected chi connectivity index (χ3v) is 7.29. The van der Waals surface area contributed by atoms with Crippen molar-refractivity contribution in [2.75, 3.05) is 39.6 Å². The average Bonchev–Trinajstić information content (AvgIpc) is 2.95. The monoisotopic (exact) mass is 550 g/mol. The van der Waals surface area contributed by atoms with Gasteiger partial charge < -0.3 is 28.4 Å². The van der Waals surface area contributed by atoms with E-state index in [1.165, 1.54) is 0 Å². The van der Waals surface area contributed by atoms with Gasteiger partial charge >= 0.3 is 0 Å². The average molecular weight is 551 g/mol. The van der Waals surface area contributed by atoms with Crippen molar-refractivity contribution >= 4 is 0 Å². The van der Waals surface area contributed by atoms with Crippen molar-refractivity contribution in [2.24, 2.45) is 5.92 Å². The van der Waals surface area contributed by atoms with Gasteiger partial charge in [0, 0.05) is 32.3 Å². The largest absolute Gasteiger partial charge is 0.494 e. The van der Waals surface area contributed by atoms with Gasteiger partial charge in [0.25, 0.3) is 0 Å². The van der Waals surface area contributed by atoms with Crippen molar-refractivity contribution in [1.82, 2.24) is 0 Å². The molecule has 0 heterocycles. The summed E-state index contributed by atoms with van der Waals surface area (Å²) in [4.78, 5) is 0. The Bertz CT molecular complexity index is 696. The lowest BCUT2D eigenvalue weighted by atomic mass is 9.80. The predicted octanol–water partition coefficient (Wildman–Crippen LogP) is 8.01. The fourth-order valence-corrected chi connectivity index (χ4v) is 4.83. The van der Waals surface area contributed by atoms with E-state index in [4.69, 9.17) is 28.4 Å². The van der Waals surface area contributed by atoms with E-state index in [1.54, 1.807) is 0 Å². The number of unbranched alkanes of at least 4 members (excludes halogenated alkanes) is 5. The number of hydrogen-bond acceptors (Lipinski definition) is 6. The van der Waals surface area contributed by atoms with E-state index in [0.29, 0.717) is 19.8 Å². The van der Waals surface area contributed by atoms with Crippen molar-refractivity contribution in [3.63, 3.8) is 0 Å². The molecule has 0 aliphatic heterocycles. The lowest BCUT2D eigenvalue weighted by molar-refractivity contribution is -0.211. The third kappa shape index (κ3) is 12.8. The molecule has 0 unspecified atom stereocenters. The van der Waals surface area contributed by atoms with E-state index >= 15 is 0 Å². The quantitative estimate of drug-likeness (QED) is 0.129. The second-order valence-electron chi connectivity index (χ2n) is 10.8. The molecule has 0 spiro atoms. The van der Waals surface area contributed by atoms with Crippen molar-refractivity contribution in [1.29, 1.82) is 0 Å². The van der Waals surface area contributed by atoms with Gasteiger partial charge in [-0.3, -0.25) is 0 Å². The number of hydrogen-bond donors (Lipinski definition) is 0. The minimum atomic E-state index is -0.201. The van der Waals surface area contributed by atoms with Crippen LogP contribution >= 0.6 is 0 Å². The molecule has 6 nitrogen and oxygen atoms in total. The van der Waals surface area contributed by atoms with E-state index < -0.39 is 0 Å². The highest BCUT2D eigenvalue weighted by Crippen LogP contribution is 2.35. The van der Waals surface area contributed by atoms with E-state index in [2.05, 4.69) is 34.6 Å². The lowest BCUT2D eigenvalue weighted by Crippen LogP contribution is -2.59. The van der Waals surface area contributed by atoms with Crippen LogP contribution in [0.2, 0.25) is 0 Å². The number of ether oxygens (including phenoxy) is 6. The number of benzene rings is 1. The Morgan fingerprint density at radius 1 is 0.564 bits per heavy atom. The van der Waals surface area contributed by atoms with Gasteiger partial charge in [0.15, 0.2) is 0 Å². The highest BCUT2D eigenvalue weighted by molar-refractivity contribution is 5.31. The van der Waals surface area contributed by atoms with Gasteiger partial charge in [-0.25, -0.2) is 0 Å². The molecule has 226 valence electrons. The standard InChI is InChI=1S/C33H58O6/c1-6-11-20-34-26-27-25-30(39-29-18-16-28(17-19-29)35-21-12-7-2)32(37-23-14-9-4)33(38-24-15-10-5)31(27)36-22-13-8-3/h16-19,27,30-33H,6-15,20-26H2,1-5H3/t27-,30-,31-,32+,33+/m1/s1. The lowest BCUT2D eigenvalue weighted by Gasteiger charge is -2.46. The zero-order valence-electron chi connectivity index (χ0n) is 25.7. The van der Waals surface area contributed by atoms with Gasteiger partial charge in [0.2, 0.25) is 0 Å². The maximum atomic E-state index is 6.68. The van der Waals surface area contributed by atoms with Crippen LogP contribution in [0.25, 0.3) is 0 Å². The molecule has 1 aromatic rings. The molecule has 0 N–H and O–H groups in total. The molecular formula is C33H58O6. The second-order valence-corrected chi connectivity index (χ2v) is 10.8. The Morgan fingerprint density at radius 2 is 1.05 bits per heavy atom. The molecule has 39 heavy (non-hydrogen) atoms. The zero-order chi connectivity index (χ0) is 28.1. The summed E-state index contributed by atoms with van der Waals surface area (Å²) in [6.07, 6.45) is 10.9. The van der Waals surface area contributed by atoms with Crippen molar-refractivity contribution in [2.45, 2.75) is 130 Å². The van der Waals surface area contributed by atoms with Crippen molar-refractivity contribution in [3.05, 3.63) is 24.3 Å². The maximum Gasteiger partial charge on any atom is 0.128 e. The van der Waals surface area contributed by atoms with Crippen LogP contribution in [0, 0.1) is 5.92 Å². The Morgan fingerprint density at radius 3 is 1.64 bits per heavy atom. The van der Waals surface area contributed by atoms with Crippen LogP contribution in [0.1, 0.15) is 105 Å². The molecule has 0 bridgehead atoms. The van der Waals surface area contributed by atoms with Gasteiger partial charge in [-0.15, -0.1) is 0 Å². The SMILES string of the molecule is CCCCOC[C@H]1C[C@@H](Oc2ccc(OCCCC)cc2)[C@H](OCCCC)[C@@H](OCCCC)[C@@H]1OCCCC. The third-order valence-electron chi connectivity index (χ3n) is 7.29. The van der Waals surface area contributed by atoms with Crippen LogP contribution in [0.3, 0.4) is 0 Å². The van der Waals surface area contributed by atoms with E-state index in [1.807, 2.05) is 24.3 Å². The molecule has 1 aliphatic rings. The molecule has 0 radical (unpaired) electrons. The van der Waals surface area contributed by atoms with E-state index in [9.17, 15) is 0 Å². The molecule has 0 amide bonds. The van der Waals surface area contributed by atoms with Crippen molar-refractivity contribution < 1.29 is 28.4 Å². The smallest absolute Gasteiger partial charge is 0.128 e. The first-order valence-electron chi connectivity index (χ1n) is 16.0. The minimum Gasteiger partial charge on any atom is -0.494 e. The van der Waals surface area contributed by atoms with Gasteiger partial charge in [-0.05, 0) is 62.8 Å². The summed E-state index contributed by atoms with van der Waals surface area (Å²) in [5, 5.41) is 0. The van der Waals surface area contributed by atoms with Gasteiger partial charge in [-0.1, -0.05) is 66.7 Å². The van der Waals surface area contributed by atoms with Gasteiger partial charge in [0.1, 0.15) is 29.8 Å². The van der Waals surface area contributed by atoms with Crippen molar-refractivity contribution in [3.8, 4) is 11.5 Å². The molecule has 1 aromatic carbocycles. The molecule has 0 aromatic heterocycles. The summed E-state index contributed by atoms with van der Waals surface area (Å²) in [7, 11) is 0. The second kappa shape index (κ2) is 21.4. The van der Waals surface area contributed by atoms with Gasteiger partial charge in [0.05, 0.1) is 19.3 Å². The first-order chi connectivity index (χ1) is 19.2. The van der Waals surface area contributed by atoms with Crippen LogP contribution in [0.4, 0.5) is 0 Å². The Labute approximate surface area is 239 Å². The summed E-state index contributed by atoms with van der Waals surface area (Å²) in [5.41, 5.74) is 0. The van der Waals surface area contributed by atoms with Crippen LogP contribution in [0.15, 0.2) is 24.3 Å². The van der Waals surface area contributed by atoms with Crippen LogP contribution in [0.5, 0.6) is 11.5 Å². The summed E-state index contributed by atoms with van der Waals surface area (Å²) in [5.74, 6) is 1.89. The summed E-state index contributed by atoms with van der Waals surface area (Å²) < 4.78 is 38.5. The highest BCUT2D eigenvalue weighted by atomic mass is 16.6. The van der Waals surface area contributed by atoms with Crippen LogP contribution in [-0.4, -0.2) is 64.1 Å². The van der Waals surface area contributed by atoms with Crippen LogP contribution < -0.4 is 9.47 Å². The van der Waals surface area contributed by atoms with E-state index in [0.717, 1.165) is 102 Å². The highest BCUT2D eigenvalue weighted by Gasteiger charge is 2.48. The normalized spacial score (nSPS) is 23.2. The first kappa shape index (κ1) is 33.9. The molecule has 1 saturated carbocycles. The fourth-order valence-electron chi connectivity index (χ4n) is 4.83. The molecule has 0 saturated heterocycles. The number of rotatable bonds is 23. The Kier molecular flexibility index (Phi) is 18.6. The van der Waals surface area contributed by atoms with E-state index in [-0.39, 0.29) is 30.3 Å². The predicted molar refractivity (Wildman–Crippen MR) is 159 cm³/mol. The molecule has 1 aliphatic carbocycles. The van der Waals surface area contributed by atoms with Gasteiger partial charge in [-0.2, -0.15) is 0 Å².